The SMILES string of the molecule is C[C@]1(OC(=O)c2ccccc2)[C@H](OC(=O)c2ccccc2)[C@@H](COC(=O)c2ccccc2)O[C@H]1n1cnc2c(=O)[nH]c(N)cc21. The molecule has 0 unspecified atom stereocenters. The molecule has 0 radical (unpaired) electrons. The second kappa shape index (κ2) is 12.1. The molecule has 45 heavy (non-hydrogen) atoms. The van der Waals surface area contributed by atoms with E-state index in [2.05, 4.69) is 9.97 Å². The predicted molar refractivity (Wildman–Crippen MR) is 161 cm³/mol. The number of carbonyl (C=O) groups excluding carboxylic acids is 3. The lowest BCUT2D eigenvalue weighted by Crippen LogP contribution is -2.50. The number of carbonyl (C=O) groups is 3. The van der Waals surface area contributed by atoms with Gasteiger partial charge in [0.1, 0.15) is 18.5 Å². The van der Waals surface area contributed by atoms with Crippen molar-refractivity contribution in [3.63, 3.8) is 0 Å². The van der Waals surface area contributed by atoms with Crippen molar-refractivity contribution < 1.29 is 33.3 Å². The number of nitrogens with one attached hydrogen (secondary N) is 1. The largest absolute Gasteiger partial charge is 0.459 e. The topological polar surface area (TPSA) is 165 Å². The Hall–Kier alpha value is -5.75. The summed E-state index contributed by atoms with van der Waals surface area (Å²) in [6.07, 6.45) is -2.30. The van der Waals surface area contributed by atoms with Crippen LogP contribution in [0.2, 0.25) is 0 Å². The first-order chi connectivity index (χ1) is 21.7. The number of benzene rings is 3. The number of hydrogen-bond acceptors (Lipinski definition) is 10. The fourth-order valence-electron chi connectivity index (χ4n) is 5.31. The number of aromatic amines is 1. The highest BCUT2D eigenvalue weighted by molar-refractivity contribution is 5.91. The second-order valence-corrected chi connectivity index (χ2v) is 10.6. The standard InChI is InChI=1S/C33H28N4O8/c1-33(45-31(41)22-15-9-4-10-16-22)27(44-30(40)21-13-7-3-8-14-21)24(18-42-29(39)20-11-5-2-6-12-20)43-32(33)37-19-35-26-23(37)17-25(34)36-28(26)38/h2-17,19,24,27,32H,18H2,1H3,(H3,34,36,38)/t24-,27-,32-,33+/m1/s1. The van der Waals surface area contributed by atoms with Crippen molar-refractivity contribution in [2.24, 2.45) is 0 Å². The van der Waals surface area contributed by atoms with Crippen LogP contribution in [-0.4, -0.2) is 56.9 Å². The van der Waals surface area contributed by atoms with E-state index >= 15 is 0 Å². The number of imidazole rings is 1. The van der Waals surface area contributed by atoms with Gasteiger partial charge in [-0.15, -0.1) is 0 Å². The summed E-state index contributed by atoms with van der Waals surface area (Å²) in [5.41, 5.74) is 4.78. The second-order valence-electron chi connectivity index (χ2n) is 10.6. The summed E-state index contributed by atoms with van der Waals surface area (Å²) in [5.74, 6) is -2.01. The molecular formula is C33H28N4O8. The molecule has 12 heteroatoms. The molecule has 3 N–H and O–H groups in total. The van der Waals surface area contributed by atoms with Crippen molar-refractivity contribution in [1.82, 2.24) is 14.5 Å². The molecule has 3 heterocycles. The Morgan fingerprint density at radius 2 is 1.44 bits per heavy atom. The summed E-state index contributed by atoms with van der Waals surface area (Å²) in [6.45, 7) is 1.17. The molecule has 1 aliphatic rings. The molecule has 1 aliphatic heterocycles. The van der Waals surface area contributed by atoms with Gasteiger partial charge in [-0.05, 0) is 43.3 Å². The molecule has 1 fully saturated rings. The summed E-state index contributed by atoms with van der Waals surface area (Å²) >= 11 is 0. The van der Waals surface area contributed by atoms with Gasteiger partial charge in [0.05, 0.1) is 28.5 Å². The Kier molecular flexibility index (Phi) is 7.88. The first-order valence-corrected chi connectivity index (χ1v) is 14.0. The Morgan fingerprint density at radius 1 is 0.889 bits per heavy atom. The minimum Gasteiger partial charge on any atom is -0.459 e. The lowest BCUT2D eigenvalue weighted by Gasteiger charge is -2.34. The minimum absolute atomic E-state index is 0.0568. The molecule has 1 saturated heterocycles. The van der Waals surface area contributed by atoms with E-state index < -0.39 is 47.5 Å². The van der Waals surface area contributed by atoms with E-state index in [4.69, 9.17) is 24.7 Å². The Balaban J connectivity index is 1.43. The molecule has 0 amide bonds. The van der Waals surface area contributed by atoms with Crippen LogP contribution in [0.4, 0.5) is 5.82 Å². The van der Waals surface area contributed by atoms with Crippen molar-refractivity contribution in [3.8, 4) is 0 Å². The number of H-pyrrole nitrogens is 1. The van der Waals surface area contributed by atoms with Gasteiger partial charge in [-0.1, -0.05) is 54.6 Å². The van der Waals surface area contributed by atoms with Crippen LogP contribution in [0, 0.1) is 0 Å². The molecule has 3 aromatic carbocycles. The van der Waals surface area contributed by atoms with E-state index in [1.54, 1.807) is 97.9 Å². The molecule has 0 bridgehead atoms. The number of rotatable bonds is 8. The van der Waals surface area contributed by atoms with Crippen LogP contribution in [0.5, 0.6) is 0 Å². The zero-order chi connectivity index (χ0) is 31.6. The van der Waals surface area contributed by atoms with E-state index in [0.717, 1.165) is 0 Å². The highest BCUT2D eigenvalue weighted by Crippen LogP contribution is 2.45. The van der Waals surface area contributed by atoms with Gasteiger partial charge in [-0.2, -0.15) is 0 Å². The van der Waals surface area contributed by atoms with E-state index in [9.17, 15) is 19.2 Å². The highest BCUT2D eigenvalue weighted by atomic mass is 16.7. The summed E-state index contributed by atoms with van der Waals surface area (Å²) in [5, 5.41) is 0. The maximum absolute atomic E-state index is 13.5. The van der Waals surface area contributed by atoms with Crippen molar-refractivity contribution in [2.75, 3.05) is 12.3 Å². The zero-order valence-corrected chi connectivity index (χ0v) is 24.0. The van der Waals surface area contributed by atoms with Gasteiger partial charge in [0.2, 0.25) is 0 Å². The zero-order valence-electron chi connectivity index (χ0n) is 24.0. The molecule has 4 atom stereocenters. The number of ether oxygens (including phenoxy) is 4. The van der Waals surface area contributed by atoms with Gasteiger partial charge in [0.15, 0.2) is 23.4 Å². The number of fused-ring (bicyclic) bond motifs is 1. The van der Waals surface area contributed by atoms with Gasteiger partial charge < -0.3 is 29.7 Å². The first kappa shape index (κ1) is 29.3. The molecule has 0 saturated carbocycles. The van der Waals surface area contributed by atoms with E-state index in [1.165, 1.54) is 17.0 Å². The lowest BCUT2D eigenvalue weighted by molar-refractivity contribution is -0.108. The van der Waals surface area contributed by atoms with E-state index in [1.807, 2.05) is 0 Å². The van der Waals surface area contributed by atoms with Crippen molar-refractivity contribution in [3.05, 3.63) is 130 Å². The Morgan fingerprint density at radius 3 is 2.04 bits per heavy atom. The number of pyridine rings is 1. The number of anilines is 1. The predicted octanol–water partition coefficient (Wildman–Crippen LogP) is 3.90. The third-order valence-electron chi connectivity index (χ3n) is 7.50. The van der Waals surface area contributed by atoms with Gasteiger partial charge in [0, 0.05) is 6.07 Å². The molecule has 2 aromatic heterocycles. The van der Waals surface area contributed by atoms with Crippen LogP contribution >= 0.6 is 0 Å². The van der Waals surface area contributed by atoms with E-state index in [-0.39, 0.29) is 34.6 Å². The molecule has 0 aliphatic carbocycles. The normalized spacial score (nSPS) is 20.9. The molecule has 12 nitrogen and oxygen atoms in total. The van der Waals surface area contributed by atoms with Crippen molar-refractivity contribution >= 4 is 34.8 Å². The van der Waals surface area contributed by atoms with Gasteiger partial charge in [0.25, 0.3) is 5.56 Å². The third-order valence-corrected chi connectivity index (χ3v) is 7.50. The van der Waals surface area contributed by atoms with Gasteiger partial charge >= 0.3 is 17.9 Å². The van der Waals surface area contributed by atoms with Crippen molar-refractivity contribution in [1.29, 1.82) is 0 Å². The maximum Gasteiger partial charge on any atom is 0.338 e. The molecule has 228 valence electrons. The molecule has 5 aromatic rings. The monoisotopic (exact) mass is 608 g/mol. The maximum atomic E-state index is 13.5. The molecular weight excluding hydrogens is 580 g/mol. The third kappa shape index (κ3) is 5.78. The smallest absolute Gasteiger partial charge is 0.338 e. The summed E-state index contributed by atoms with van der Waals surface area (Å²) < 4.78 is 25.7. The number of nitrogens with two attached hydrogens (primary N) is 1. The fraction of sp³-hybridized carbons (Fsp3) is 0.182. The average molecular weight is 609 g/mol. The molecule has 6 rings (SSSR count). The number of hydrogen-bond donors (Lipinski definition) is 2. The Labute approximate surface area is 256 Å². The summed E-state index contributed by atoms with van der Waals surface area (Å²) in [7, 11) is 0. The lowest BCUT2D eigenvalue weighted by atomic mass is 9.95. The van der Waals surface area contributed by atoms with Crippen LogP contribution in [-0.2, 0) is 18.9 Å². The van der Waals surface area contributed by atoms with Crippen LogP contribution in [0.3, 0.4) is 0 Å². The number of nitrogen functional groups attached to an aromatic ring is 1. The van der Waals surface area contributed by atoms with Crippen molar-refractivity contribution in [2.45, 2.75) is 31.0 Å². The van der Waals surface area contributed by atoms with Crippen LogP contribution in [0.1, 0.15) is 44.2 Å². The summed E-state index contributed by atoms with van der Waals surface area (Å²) in [6, 6.07) is 26.4. The van der Waals surface area contributed by atoms with Crippen LogP contribution in [0.15, 0.2) is 108 Å². The minimum atomic E-state index is -1.74. The summed E-state index contributed by atoms with van der Waals surface area (Å²) in [4.78, 5) is 59.2. The average Bonchev–Trinajstić information content (AvgIpc) is 3.59. The Bertz CT molecular complexity index is 1910. The number of aromatic nitrogens is 3. The van der Waals surface area contributed by atoms with Crippen LogP contribution in [0.25, 0.3) is 11.0 Å². The quantitative estimate of drug-likeness (QED) is 0.195. The van der Waals surface area contributed by atoms with E-state index in [0.29, 0.717) is 5.56 Å². The molecule has 0 spiro atoms. The highest BCUT2D eigenvalue weighted by Gasteiger charge is 2.60. The fourth-order valence-corrected chi connectivity index (χ4v) is 5.31. The first-order valence-electron chi connectivity index (χ1n) is 14.0. The van der Waals surface area contributed by atoms with Gasteiger partial charge in [-0.3, -0.25) is 9.36 Å². The number of nitrogens with zero attached hydrogens (tertiary/aromatic N) is 2. The van der Waals surface area contributed by atoms with Gasteiger partial charge in [-0.25, -0.2) is 19.4 Å². The number of esters is 3. The van der Waals surface area contributed by atoms with Crippen LogP contribution < -0.4 is 11.3 Å².